The topological polar surface area (TPSA) is 93.3 Å². The highest BCUT2D eigenvalue weighted by Crippen LogP contribution is 2.24. The summed E-state index contributed by atoms with van der Waals surface area (Å²) in [5.74, 6) is -0.849. The van der Waals surface area contributed by atoms with E-state index in [0.29, 0.717) is 17.1 Å². The SMILES string of the molecule is CCC(Sc1cncc2nnnn12)C(=O)O. The molecular formula is C8H9N5O2S. The van der Waals surface area contributed by atoms with Crippen LogP contribution < -0.4 is 0 Å². The second-order valence-electron chi connectivity index (χ2n) is 3.05. The van der Waals surface area contributed by atoms with Crippen molar-refractivity contribution in [1.82, 2.24) is 25.0 Å². The monoisotopic (exact) mass is 239 g/mol. The molecule has 0 aliphatic heterocycles. The third kappa shape index (κ3) is 1.96. The maximum Gasteiger partial charge on any atom is 0.317 e. The molecule has 0 spiro atoms. The van der Waals surface area contributed by atoms with Gasteiger partial charge in [0.1, 0.15) is 10.3 Å². The molecule has 1 atom stereocenters. The van der Waals surface area contributed by atoms with Gasteiger partial charge in [0.2, 0.25) is 0 Å². The highest BCUT2D eigenvalue weighted by molar-refractivity contribution is 8.00. The van der Waals surface area contributed by atoms with Gasteiger partial charge < -0.3 is 5.11 Å². The molecule has 0 saturated carbocycles. The average Bonchev–Trinajstić information content (AvgIpc) is 2.73. The zero-order valence-electron chi connectivity index (χ0n) is 8.44. The first-order valence-corrected chi connectivity index (χ1v) is 5.52. The predicted octanol–water partition coefficient (Wildman–Crippen LogP) is 0.475. The minimum absolute atomic E-state index is 0.505. The predicted molar refractivity (Wildman–Crippen MR) is 56.1 cm³/mol. The molecule has 1 unspecified atom stereocenters. The van der Waals surface area contributed by atoms with E-state index in [1.54, 1.807) is 6.20 Å². The molecule has 0 aromatic carbocycles. The van der Waals surface area contributed by atoms with Crippen molar-refractivity contribution in [2.24, 2.45) is 0 Å². The first-order chi connectivity index (χ1) is 7.72. The van der Waals surface area contributed by atoms with Crippen molar-refractivity contribution < 1.29 is 9.90 Å². The summed E-state index contributed by atoms with van der Waals surface area (Å²) in [5.41, 5.74) is 0.505. The van der Waals surface area contributed by atoms with Crippen LogP contribution in [-0.4, -0.2) is 41.4 Å². The van der Waals surface area contributed by atoms with Crippen LogP contribution in [-0.2, 0) is 4.79 Å². The Hall–Kier alpha value is -1.70. The smallest absolute Gasteiger partial charge is 0.317 e. The van der Waals surface area contributed by atoms with Crippen molar-refractivity contribution in [3.63, 3.8) is 0 Å². The fourth-order valence-corrected chi connectivity index (χ4v) is 2.10. The Labute approximate surface area is 94.9 Å². The van der Waals surface area contributed by atoms with Crippen LogP contribution in [0.2, 0.25) is 0 Å². The van der Waals surface area contributed by atoms with Gasteiger partial charge in [0, 0.05) is 0 Å². The number of thioether (sulfide) groups is 1. The Morgan fingerprint density at radius 2 is 2.44 bits per heavy atom. The number of carboxylic acid groups (broad SMARTS) is 1. The van der Waals surface area contributed by atoms with Gasteiger partial charge in [0.05, 0.1) is 12.4 Å². The van der Waals surface area contributed by atoms with Gasteiger partial charge in [-0.1, -0.05) is 18.7 Å². The van der Waals surface area contributed by atoms with Crippen molar-refractivity contribution in [3.05, 3.63) is 12.4 Å². The Kier molecular flexibility index (Phi) is 3.00. The van der Waals surface area contributed by atoms with Gasteiger partial charge in [-0.15, -0.1) is 5.10 Å². The number of tetrazole rings is 1. The van der Waals surface area contributed by atoms with Gasteiger partial charge in [-0.05, 0) is 16.8 Å². The van der Waals surface area contributed by atoms with Gasteiger partial charge in [0.15, 0.2) is 5.65 Å². The number of carbonyl (C=O) groups is 1. The molecule has 16 heavy (non-hydrogen) atoms. The van der Waals surface area contributed by atoms with Crippen LogP contribution in [0.5, 0.6) is 0 Å². The summed E-state index contributed by atoms with van der Waals surface area (Å²) in [7, 11) is 0. The van der Waals surface area contributed by atoms with E-state index in [-0.39, 0.29) is 0 Å². The van der Waals surface area contributed by atoms with Crippen LogP contribution in [0.15, 0.2) is 17.4 Å². The quantitative estimate of drug-likeness (QED) is 0.775. The molecule has 1 N–H and O–H groups in total. The summed E-state index contributed by atoms with van der Waals surface area (Å²) in [6.07, 6.45) is 3.60. The van der Waals surface area contributed by atoms with E-state index in [1.165, 1.54) is 22.5 Å². The molecule has 0 radical (unpaired) electrons. The van der Waals surface area contributed by atoms with E-state index in [0.717, 1.165) is 0 Å². The Bertz CT molecular complexity index is 514. The zero-order chi connectivity index (χ0) is 11.5. The van der Waals surface area contributed by atoms with Gasteiger partial charge in [-0.2, -0.15) is 4.52 Å². The molecule has 2 aromatic rings. The molecule has 2 rings (SSSR count). The standard InChI is InChI=1S/C8H9N5O2S/c1-2-5(8(14)15)16-7-4-9-3-6-10-11-12-13(6)7/h3-5H,2H2,1H3,(H,14,15). The molecular weight excluding hydrogens is 230 g/mol. The third-order valence-electron chi connectivity index (χ3n) is 1.99. The lowest BCUT2D eigenvalue weighted by atomic mass is 10.3. The van der Waals surface area contributed by atoms with Gasteiger partial charge in [0.25, 0.3) is 0 Å². The third-order valence-corrected chi connectivity index (χ3v) is 3.33. The Morgan fingerprint density at radius 3 is 3.12 bits per heavy atom. The van der Waals surface area contributed by atoms with Crippen LogP contribution in [0.1, 0.15) is 13.3 Å². The first-order valence-electron chi connectivity index (χ1n) is 4.64. The summed E-state index contributed by atoms with van der Waals surface area (Å²) < 4.78 is 1.48. The minimum Gasteiger partial charge on any atom is -0.480 e. The number of aliphatic carboxylic acids is 1. The Balaban J connectivity index is 2.33. The van der Waals surface area contributed by atoms with E-state index < -0.39 is 11.2 Å². The second-order valence-corrected chi connectivity index (χ2v) is 4.27. The fourth-order valence-electron chi connectivity index (χ4n) is 1.19. The lowest BCUT2D eigenvalue weighted by Gasteiger charge is -2.08. The number of hydrogen-bond donors (Lipinski definition) is 1. The van der Waals surface area contributed by atoms with E-state index in [9.17, 15) is 4.79 Å². The maximum atomic E-state index is 10.9. The molecule has 0 bridgehead atoms. The number of aromatic nitrogens is 5. The number of hydrogen-bond acceptors (Lipinski definition) is 6. The number of rotatable bonds is 4. The van der Waals surface area contributed by atoms with Crippen molar-refractivity contribution in [3.8, 4) is 0 Å². The van der Waals surface area contributed by atoms with Crippen LogP contribution in [0.3, 0.4) is 0 Å². The van der Waals surface area contributed by atoms with Gasteiger partial charge in [-0.25, -0.2) is 0 Å². The number of fused-ring (bicyclic) bond motifs is 1. The molecule has 0 fully saturated rings. The summed E-state index contributed by atoms with van der Waals surface area (Å²) in [5, 5.41) is 20.1. The summed E-state index contributed by atoms with van der Waals surface area (Å²) >= 11 is 1.19. The van der Waals surface area contributed by atoms with Crippen molar-refractivity contribution in [2.75, 3.05) is 0 Å². The van der Waals surface area contributed by atoms with E-state index >= 15 is 0 Å². The molecule has 7 nitrogen and oxygen atoms in total. The molecule has 0 saturated heterocycles. The highest BCUT2D eigenvalue weighted by atomic mass is 32.2. The van der Waals surface area contributed by atoms with Gasteiger partial charge in [-0.3, -0.25) is 9.78 Å². The lowest BCUT2D eigenvalue weighted by Crippen LogP contribution is -2.15. The molecule has 2 heterocycles. The zero-order valence-corrected chi connectivity index (χ0v) is 9.26. The summed E-state index contributed by atoms with van der Waals surface area (Å²) in [6, 6.07) is 0. The minimum atomic E-state index is -0.849. The van der Waals surface area contributed by atoms with E-state index in [2.05, 4.69) is 20.5 Å². The number of nitrogens with zero attached hydrogens (tertiary/aromatic N) is 5. The summed E-state index contributed by atoms with van der Waals surface area (Å²) in [6.45, 7) is 1.82. The molecule has 0 amide bonds. The van der Waals surface area contributed by atoms with E-state index in [4.69, 9.17) is 5.11 Å². The largest absolute Gasteiger partial charge is 0.480 e. The normalized spacial score (nSPS) is 12.8. The maximum absolute atomic E-state index is 10.9. The summed E-state index contributed by atoms with van der Waals surface area (Å²) in [4.78, 5) is 14.9. The average molecular weight is 239 g/mol. The van der Waals surface area contributed by atoms with Crippen LogP contribution in [0.4, 0.5) is 0 Å². The molecule has 0 aliphatic carbocycles. The van der Waals surface area contributed by atoms with Crippen LogP contribution >= 0.6 is 11.8 Å². The Morgan fingerprint density at radius 1 is 1.62 bits per heavy atom. The first kappa shape index (κ1) is 10.8. The van der Waals surface area contributed by atoms with Crippen molar-refractivity contribution in [2.45, 2.75) is 23.6 Å². The van der Waals surface area contributed by atoms with Crippen LogP contribution in [0, 0.1) is 0 Å². The molecule has 84 valence electrons. The van der Waals surface area contributed by atoms with Crippen molar-refractivity contribution in [1.29, 1.82) is 0 Å². The fraction of sp³-hybridized carbons (Fsp3) is 0.375. The molecule has 0 aliphatic rings. The second kappa shape index (κ2) is 4.44. The van der Waals surface area contributed by atoms with Crippen molar-refractivity contribution >= 4 is 23.4 Å². The van der Waals surface area contributed by atoms with E-state index in [1.807, 2.05) is 6.92 Å². The highest BCUT2D eigenvalue weighted by Gasteiger charge is 2.18. The number of carboxylic acids is 1. The van der Waals surface area contributed by atoms with Crippen LogP contribution in [0.25, 0.3) is 5.65 Å². The molecule has 2 aromatic heterocycles. The van der Waals surface area contributed by atoms with Gasteiger partial charge >= 0.3 is 5.97 Å². The molecule has 8 heteroatoms. The lowest BCUT2D eigenvalue weighted by molar-refractivity contribution is -0.136.